The van der Waals surface area contributed by atoms with Crippen LogP contribution in [-0.2, 0) is 4.79 Å². The fourth-order valence-electron chi connectivity index (χ4n) is 2.75. The van der Waals surface area contributed by atoms with Crippen molar-refractivity contribution in [1.29, 1.82) is 0 Å². The molecule has 4 heteroatoms. The normalized spacial score (nSPS) is 22.2. The van der Waals surface area contributed by atoms with Gasteiger partial charge in [-0.05, 0) is 25.0 Å². The Kier molecular flexibility index (Phi) is 2.18. The zero-order valence-electron chi connectivity index (χ0n) is 9.48. The molecule has 1 heterocycles. The van der Waals surface area contributed by atoms with E-state index in [9.17, 15) is 9.59 Å². The van der Waals surface area contributed by atoms with Gasteiger partial charge in [-0.15, -0.1) is 0 Å². The lowest BCUT2D eigenvalue weighted by Gasteiger charge is -2.19. The number of hydrogen-bond donors (Lipinski definition) is 1. The lowest BCUT2D eigenvalue weighted by molar-refractivity contribution is -0.121. The Bertz CT molecular complexity index is 464. The van der Waals surface area contributed by atoms with Crippen LogP contribution in [0.2, 0.25) is 0 Å². The minimum Gasteiger partial charge on any atom is -0.323 e. The predicted octanol–water partition coefficient (Wildman–Crippen LogP) is 2.06. The fourth-order valence-corrected chi connectivity index (χ4v) is 2.75. The molecule has 1 saturated carbocycles. The van der Waals surface area contributed by atoms with Crippen LogP contribution in [0.1, 0.15) is 25.7 Å². The molecule has 1 aliphatic carbocycles. The van der Waals surface area contributed by atoms with Crippen molar-refractivity contribution >= 4 is 17.6 Å². The average Bonchev–Trinajstić information content (AvgIpc) is 2.88. The van der Waals surface area contributed by atoms with E-state index in [1.807, 2.05) is 18.2 Å². The number of hydrogen-bond acceptors (Lipinski definition) is 2. The van der Waals surface area contributed by atoms with Crippen molar-refractivity contribution in [3.63, 3.8) is 0 Å². The number of carbonyl (C=O) groups is 2. The number of benzene rings is 1. The van der Waals surface area contributed by atoms with Gasteiger partial charge in [-0.1, -0.05) is 31.0 Å². The van der Waals surface area contributed by atoms with E-state index in [4.69, 9.17) is 0 Å². The second kappa shape index (κ2) is 3.58. The summed E-state index contributed by atoms with van der Waals surface area (Å²) in [7, 11) is 0. The third-order valence-electron chi connectivity index (χ3n) is 3.63. The first-order valence-corrected chi connectivity index (χ1v) is 5.95. The second-order valence-corrected chi connectivity index (χ2v) is 4.70. The maximum Gasteiger partial charge on any atom is 0.329 e. The van der Waals surface area contributed by atoms with Crippen molar-refractivity contribution in [2.24, 2.45) is 0 Å². The number of imide groups is 1. The van der Waals surface area contributed by atoms with E-state index in [2.05, 4.69) is 5.32 Å². The number of amides is 3. The Balaban J connectivity index is 1.97. The van der Waals surface area contributed by atoms with Crippen molar-refractivity contribution in [1.82, 2.24) is 5.32 Å². The summed E-state index contributed by atoms with van der Waals surface area (Å²) in [5.74, 6) is -0.0915. The number of para-hydroxylation sites is 1. The fraction of sp³-hybridized carbons (Fsp3) is 0.385. The lowest BCUT2D eigenvalue weighted by Crippen LogP contribution is -2.44. The van der Waals surface area contributed by atoms with Crippen molar-refractivity contribution in [3.8, 4) is 0 Å². The first-order chi connectivity index (χ1) is 8.23. The first kappa shape index (κ1) is 10.3. The van der Waals surface area contributed by atoms with Crippen molar-refractivity contribution in [2.45, 2.75) is 31.2 Å². The van der Waals surface area contributed by atoms with Crippen LogP contribution in [0.15, 0.2) is 30.3 Å². The molecule has 1 aromatic rings. The van der Waals surface area contributed by atoms with Gasteiger partial charge in [0.2, 0.25) is 0 Å². The molecule has 1 aromatic carbocycles. The van der Waals surface area contributed by atoms with Gasteiger partial charge in [0.25, 0.3) is 5.91 Å². The highest BCUT2D eigenvalue weighted by Crippen LogP contribution is 2.36. The van der Waals surface area contributed by atoms with E-state index >= 15 is 0 Å². The number of nitrogens with zero attached hydrogens (tertiary/aromatic N) is 1. The third kappa shape index (κ3) is 1.44. The summed E-state index contributed by atoms with van der Waals surface area (Å²) in [4.78, 5) is 25.6. The van der Waals surface area contributed by atoms with E-state index in [-0.39, 0.29) is 11.9 Å². The second-order valence-electron chi connectivity index (χ2n) is 4.70. The molecule has 3 amide bonds. The molecule has 0 bridgehead atoms. The highest BCUT2D eigenvalue weighted by atomic mass is 16.2. The summed E-state index contributed by atoms with van der Waals surface area (Å²) in [5.41, 5.74) is 0.0335. The third-order valence-corrected chi connectivity index (χ3v) is 3.63. The summed E-state index contributed by atoms with van der Waals surface area (Å²) in [6, 6.07) is 8.80. The lowest BCUT2D eigenvalue weighted by atomic mass is 9.98. The summed E-state index contributed by atoms with van der Waals surface area (Å²) in [6.45, 7) is 0. The van der Waals surface area contributed by atoms with Crippen molar-refractivity contribution in [3.05, 3.63) is 30.3 Å². The SMILES string of the molecule is O=C1NC2(CCCC2)C(=O)N1c1ccccc1. The van der Waals surface area contributed by atoms with Crippen LogP contribution >= 0.6 is 0 Å². The largest absolute Gasteiger partial charge is 0.329 e. The maximum absolute atomic E-state index is 12.4. The zero-order chi connectivity index (χ0) is 11.9. The highest BCUT2D eigenvalue weighted by Gasteiger charge is 2.52. The molecular weight excluding hydrogens is 216 g/mol. The van der Waals surface area contributed by atoms with Gasteiger partial charge in [0, 0.05) is 0 Å². The summed E-state index contributed by atoms with van der Waals surface area (Å²) in [6.07, 6.45) is 3.55. The molecule has 4 nitrogen and oxygen atoms in total. The van der Waals surface area contributed by atoms with E-state index in [0.29, 0.717) is 5.69 Å². The Morgan fingerprint density at radius 3 is 2.35 bits per heavy atom. The van der Waals surface area contributed by atoms with Crippen LogP contribution in [0.25, 0.3) is 0 Å². The quantitative estimate of drug-likeness (QED) is 0.751. The van der Waals surface area contributed by atoms with Crippen molar-refractivity contribution in [2.75, 3.05) is 4.90 Å². The molecule has 0 unspecified atom stereocenters. The molecule has 3 rings (SSSR count). The average molecular weight is 230 g/mol. The van der Waals surface area contributed by atoms with Gasteiger partial charge in [-0.2, -0.15) is 0 Å². The van der Waals surface area contributed by atoms with Crippen molar-refractivity contribution < 1.29 is 9.59 Å². The van der Waals surface area contributed by atoms with Crippen LogP contribution in [-0.4, -0.2) is 17.5 Å². The van der Waals surface area contributed by atoms with Gasteiger partial charge in [0.05, 0.1) is 5.69 Å². The molecule has 88 valence electrons. The van der Waals surface area contributed by atoms with E-state index in [1.165, 1.54) is 4.90 Å². The molecule has 2 aliphatic rings. The summed E-state index contributed by atoms with van der Waals surface area (Å²) >= 11 is 0. The number of carbonyl (C=O) groups excluding carboxylic acids is 2. The maximum atomic E-state index is 12.4. The minimum atomic E-state index is -0.618. The van der Waals surface area contributed by atoms with Gasteiger partial charge in [-0.3, -0.25) is 4.79 Å². The van der Waals surface area contributed by atoms with Gasteiger partial charge in [0.15, 0.2) is 0 Å². The molecule has 0 radical (unpaired) electrons. The number of nitrogens with one attached hydrogen (secondary N) is 1. The molecule has 1 spiro atoms. The van der Waals surface area contributed by atoms with Gasteiger partial charge in [-0.25, -0.2) is 9.69 Å². The van der Waals surface area contributed by atoms with Gasteiger partial charge < -0.3 is 5.32 Å². The minimum absolute atomic E-state index is 0.0915. The van der Waals surface area contributed by atoms with Crippen LogP contribution in [0.4, 0.5) is 10.5 Å². The standard InChI is InChI=1S/C13H14N2O2/c16-11-13(8-4-5-9-13)14-12(17)15(11)10-6-2-1-3-7-10/h1-3,6-7H,4-5,8-9H2,(H,14,17). The smallest absolute Gasteiger partial charge is 0.323 e. The Labute approximate surface area is 99.6 Å². The Hall–Kier alpha value is -1.84. The molecule has 0 atom stereocenters. The highest BCUT2D eigenvalue weighted by molar-refractivity contribution is 6.23. The van der Waals surface area contributed by atoms with E-state index < -0.39 is 5.54 Å². The molecule has 1 saturated heterocycles. The summed E-state index contributed by atoms with van der Waals surface area (Å²) in [5, 5.41) is 2.87. The number of urea groups is 1. The molecule has 0 aromatic heterocycles. The monoisotopic (exact) mass is 230 g/mol. The predicted molar refractivity (Wildman–Crippen MR) is 63.7 cm³/mol. The van der Waals surface area contributed by atoms with Crippen LogP contribution < -0.4 is 10.2 Å². The van der Waals surface area contributed by atoms with Crippen LogP contribution in [0.5, 0.6) is 0 Å². The Morgan fingerprint density at radius 1 is 1.06 bits per heavy atom. The Morgan fingerprint density at radius 2 is 1.71 bits per heavy atom. The zero-order valence-corrected chi connectivity index (χ0v) is 9.48. The molecule has 17 heavy (non-hydrogen) atoms. The van der Waals surface area contributed by atoms with E-state index in [1.54, 1.807) is 12.1 Å². The number of anilines is 1. The summed E-state index contributed by atoms with van der Waals surface area (Å²) < 4.78 is 0. The first-order valence-electron chi connectivity index (χ1n) is 5.95. The topological polar surface area (TPSA) is 49.4 Å². The molecule has 1 N–H and O–H groups in total. The van der Waals surface area contributed by atoms with E-state index in [0.717, 1.165) is 25.7 Å². The molecule has 1 aliphatic heterocycles. The molecular formula is C13H14N2O2. The van der Waals surface area contributed by atoms with Gasteiger partial charge >= 0.3 is 6.03 Å². The van der Waals surface area contributed by atoms with Crippen LogP contribution in [0.3, 0.4) is 0 Å². The number of rotatable bonds is 1. The van der Waals surface area contributed by atoms with Crippen LogP contribution in [0, 0.1) is 0 Å². The van der Waals surface area contributed by atoms with Gasteiger partial charge in [0.1, 0.15) is 5.54 Å². The molecule has 2 fully saturated rings.